The van der Waals surface area contributed by atoms with E-state index in [1.807, 2.05) is 24.3 Å². The van der Waals surface area contributed by atoms with E-state index in [1.54, 1.807) is 26.4 Å². The summed E-state index contributed by atoms with van der Waals surface area (Å²) in [6, 6.07) is 13.6. The number of para-hydroxylation sites is 2. The number of carbonyl (C=O) groups excluding carboxylic acids is 1. The molecule has 5 rings (SSSR count). The first-order chi connectivity index (χ1) is 21.1. The van der Waals surface area contributed by atoms with Crippen LogP contribution in [0.1, 0.15) is 44.1 Å². The van der Waals surface area contributed by atoms with Crippen LogP contribution in [0.4, 0.5) is 10.1 Å². The van der Waals surface area contributed by atoms with Crippen molar-refractivity contribution in [2.45, 2.75) is 51.1 Å². The quantitative estimate of drug-likeness (QED) is 0.394. The Morgan fingerprint density at radius 2 is 1.70 bits per heavy atom. The number of nitrogens with zero attached hydrogens (tertiary/aromatic N) is 4. The summed E-state index contributed by atoms with van der Waals surface area (Å²) >= 11 is 0. The minimum Gasteiger partial charge on any atom is -0.493 e. The van der Waals surface area contributed by atoms with Gasteiger partial charge in [-0.1, -0.05) is 30.7 Å². The highest BCUT2D eigenvalue weighted by Crippen LogP contribution is 2.34. The van der Waals surface area contributed by atoms with E-state index < -0.39 is 0 Å². The Morgan fingerprint density at radius 1 is 0.907 bits per heavy atom. The lowest BCUT2D eigenvalue weighted by atomic mass is 9.86. The van der Waals surface area contributed by atoms with E-state index in [2.05, 4.69) is 31.0 Å². The maximum Gasteiger partial charge on any atom is 0.220 e. The molecule has 0 radical (unpaired) electrons. The highest BCUT2D eigenvalue weighted by atomic mass is 19.1. The van der Waals surface area contributed by atoms with Crippen molar-refractivity contribution < 1.29 is 18.7 Å². The van der Waals surface area contributed by atoms with E-state index in [-0.39, 0.29) is 11.7 Å². The molecule has 43 heavy (non-hydrogen) atoms. The molecule has 0 bridgehead atoms. The Kier molecular flexibility index (Phi) is 11.5. The van der Waals surface area contributed by atoms with Crippen molar-refractivity contribution in [2.24, 2.45) is 5.92 Å². The number of rotatable bonds is 12. The van der Waals surface area contributed by atoms with Crippen LogP contribution in [0.3, 0.4) is 0 Å². The second-order valence-corrected chi connectivity index (χ2v) is 12.3. The van der Waals surface area contributed by atoms with Gasteiger partial charge in [0.2, 0.25) is 5.91 Å². The van der Waals surface area contributed by atoms with Gasteiger partial charge in [0.05, 0.1) is 19.9 Å². The van der Waals surface area contributed by atoms with Crippen molar-refractivity contribution in [3.8, 4) is 11.5 Å². The third-order valence-corrected chi connectivity index (χ3v) is 9.57. The van der Waals surface area contributed by atoms with Crippen molar-refractivity contribution in [1.29, 1.82) is 0 Å². The van der Waals surface area contributed by atoms with E-state index in [4.69, 9.17) is 9.47 Å². The monoisotopic (exact) mass is 595 g/mol. The van der Waals surface area contributed by atoms with Gasteiger partial charge in [-0.25, -0.2) is 4.39 Å². The van der Waals surface area contributed by atoms with Gasteiger partial charge >= 0.3 is 0 Å². The number of piperidine rings is 2. The molecule has 3 saturated heterocycles. The van der Waals surface area contributed by atoms with Crippen LogP contribution in [0.2, 0.25) is 0 Å². The first-order valence-corrected chi connectivity index (χ1v) is 16.2. The second-order valence-electron chi connectivity index (χ2n) is 12.3. The molecule has 2 aromatic rings. The summed E-state index contributed by atoms with van der Waals surface area (Å²) in [5.41, 5.74) is 1.81. The number of methoxy groups -OCH3 is 2. The molecule has 3 aliphatic heterocycles. The van der Waals surface area contributed by atoms with Crippen molar-refractivity contribution in [3.63, 3.8) is 0 Å². The third kappa shape index (κ3) is 8.40. The first-order valence-electron chi connectivity index (χ1n) is 16.2. The van der Waals surface area contributed by atoms with Gasteiger partial charge in [0.15, 0.2) is 11.5 Å². The van der Waals surface area contributed by atoms with E-state index in [0.717, 1.165) is 102 Å². The molecule has 236 valence electrons. The number of piperazine rings is 1. The lowest BCUT2D eigenvalue weighted by Crippen LogP contribution is -2.57. The molecule has 3 aliphatic rings. The molecule has 0 saturated carbocycles. The Bertz CT molecular complexity index is 1170. The first kappa shape index (κ1) is 31.5. The molecule has 2 aromatic carbocycles. The van der Waals surface area contributed by atoms with Gasteiger partial charge in [-0.3, -0.25) is 14.6 Å². The number of ether oxygens (including phenoxy) is 2. The number of amides is 1. The molecular formula is C34H50FN5O3. The Balaban J connectivity index is 1.20. The highest BCUT2D eigenvalue weighted by Gasteiger charge is 2.35. The molecular weight excluding hydrogens is 545 g/mol. The molecule has 9 heteroatoms. The summed E-state index contributed by atoms with van der Waals surface area (Å²) in [6.07, 6.45) is 6.32. The molecule has 1 amide bonds. The Morgan fingerprint density at radius 3 is 2.44 bits per heavy atom. The number of anilines is 1. The molecule has 0 aromatic heterocycles. The summed E-state index contributed by atoms with van der Waals surface area (Å²) in [6.45, 7) is 10.1. The van der Waals surface area contributed by atoms with Crippen LogP contribution in [-0.4, -0.2) is 106 Å². The number of benzene rings is 2. The molecule has 8 nitrogen and oxygen atoms in total. The van der Waals surface area contributed by atoms with E-state index in [0.29, 0.717) is 24.1 Å². The molecule has 2 atom stereocenters. The van der Waals surface area contributed by atoms with Gasteiger partial charge in [0, 0.05) is 70.4 Å². The third-order valence-electron chi connectivity index (χ3n) is 9.57. The number of nitrogens with one attached hydrogen (secondary N) is 1. The topological polar surface area (TPSA) is 60.5 Å². The maximum atomic E-state index is 14.5. The molecule has 3 fully saturated rings. The zero-order valence-electron chi connectivity index (χ0n) is 26.1. The maximum absolute atomic E-state index is 14.5. The largest absolute Gasteiger partial charge is 0.493 e. The fourth-order valence-corrected chi connectivity index (χ4v) is 7.27. The Hall–Kier alpha value is -2.88. The van der Waals surface area contributed by atoms with Gasteiger partial charge in [0.1, 0.15) is 5.82 Å². The summed E-state index contributed by atoms with van der Waals surface area (Å²) in [5, 5.41) is 3.19. The smallest absolute Gasteiger partial charge is 0.220 e. The van der Waals surface area contributed by atoms with Crippen LogP contribution in [0.5, 0.6) is 11.5 Å². The molecule has 0 unspecified atom stereocenters. The zero-order valence-corrected chi connectivity index (χ0v) is 26.1. The summed E-state index contributed by atoms with van der Waals surface area (Å²) in [5.74, 6) is 1.92. The standard InChI is InChI=1S/C34H50FN5O3/c1-42-32-12-8-9-28(34(32)43-2)26-38-19-15-30(39-21-23-40(24-22-39)31-11-5-4-10-29(31)35)27(25-38)13-14-33(41)36-16-20-37-17-6-3-7-18-37/h4-5,8-12,27,30H,3,6-7,13-26H2,1-2H3,(H,36,41)/t27-,30+/m1/s1. The van der Waals surface area contributed by atoms with Gasteiger partial charge in [0.25, 0.3) is 0 Å². The van der Waals surface area contributed by atoms with Crippen LogP contribution in [0, 0.1) is 11.7 Å². The highest BCUT2D eigenvalue weighted by molar-refractivity contribution is 5.75. The Labute approximate surface area is 257 Å². The summed E-state index contributed by atoms with van der Waals surface area (Å²) < 4.78 is 25.7. The van der Waals surface area contributed by atoms with Crippen LogP contribution >= 0.6 is 0 Å². The van der Waals surface area contributed by atoms with E-state index in [1.165, 1.54) is 19.3 Å². The van der Waals surface area contributed by atoms with E-state index in [9.17, 15) is 9.18 Å². The van der Waals surface area contributed by atoms with Crippen LogP contribution in [0.25, 0.3) is 0 Å². The molecule has 0 aliphatic carbocycles. The second kappa shape index (κ2) is 15.7. The van der Waals surface area contributed by atoms with Gasteiger partial charge in [-0.05, 0) is 69.4 Å². The summed E-state index contributed by atoms with van der Waals surface area (Å²) in [4.78, 5) is 22.7. The normalized spacial score (nSPS) is 22.3. The average molecular weight is 596 g/mol. The lowest BCUT2D eigenvalue weighted by Gasteiger charge is -2.47. The molecule has 0 spiro atoms. The van der Waals surface area contributed by atoms with Crippen LogP contribution < -0.4 is 19.7 Å². The number of halogens is 1. The van der Waals surface area contributed by atoms with Crippen LogP contribution in [-0.2, 0) is 11.3 Å². The lowest BCUT2D eigenvalue weighted by molar-refractivity contribution is -0.121. The molecule has 3 heterocycles. The van der Waals surface area contributed by atoms with Gasteiger partial charge in [-0.2, -0.15) is 0 Å². The minimum atomic E-state index is -0.151. The van der Waals surface area contributed by atoms with Crippen LogP contribution in [0.15, 0.2) is 42.5 Å². The van der Waals surface area contributed by atoms with Crippen molar-refractivity contribution in [1.82, 2.24) is 20.0 Å². The SMILES string of the molecule is COc1cccc(CN2CC[C@H](N3CCN(c4ccccc4F)CC3)[C@H](CCC(=O)NCCN3CCCCC3)C2)c1OC. The van der Waals surface area contributed by atoms with E-state index >= 15 is 0 Å². The number of hydrogen-bond donors (Lipinski definition) is 1. The van der Waals surface area contributed by atoms with Crippen molar-refractivity contribution >= 4 is 11.6 Å². The predicted molar refractivity (Wildman–Crippen MR) is 169 cm³/mol. The fraction of sp³-hybridized carbons (Fsp3) is 0.618. The molecule has 1 N–H and O–H groups in total. The van der Waals surface area contributed by atoms with Crippen molar-refractivity contribution in [2.75, 3.05) is 84.6 Å². The van der Waals surface area contributed by atoms with Gasteiger partial charge in [-0.15, -0.1) is 0 Å². The predicted octanol–water partition coefficient (Wildman–Crippen LogP) is 4.24. The number of hydrogen-bond acceptors (Lipinski definition) is 7. The fourth-order valence-electron chi connectivity index (χ4n) is 7.27. The minimum absolute atomic E-state index is 0.151. The van der Waals surface area contributed by atoms with Crippen molar-refractivity contribution in [3.05, 3.63) is 53.8 Å². The number of likely N-dealkylation sites (tertiary alicyclic amines) is 2. The average Bonchev–Trinajstić information content (AvgIpc) is 3.04. The van der Waals surface area contributed by atoms with Gasteiger partial charge < -0.3 is 24.6 Å². The zero-order chi connectivity index (χ0) is 30.0. The number of carbonyl (C=O) groups is 1. The summed E-state index contributed by atoms with van der Waals surface area (Å²) in [7, 11) is 3.37.